The number of hydrogen-bond acceptors (Lipinski definition) is 5. The summed E-state index contributed by atoms with van der Waals surface area (Å²) in [7, 11) is 0. The largest absolute Gasteiger partial charge is 0.447 e. The fourth-order valence-corrected chi connectivity index (χ4v) is 3.48. The zero-order chi connectivity index (χ0) is 15.9. The Morgan fingerprint density at radius 1 is 1.36 bits per heavy atom. The van der Waals surface area contributed by atoms with E-state index in [4.69, 9.17) is 10.00 Å². The number of aromatic nitrogens is 1. The summed E-state index contributed by atoms with van der Waals surface area (Å²) in [5, 5.41) is 9.51. The zero-order valence-electron chi connectivity index (χ0n) is 12.6. The number of nitriles is 1. The summed E-state index contributed by atoms with van der Waals surface area (Å²) < 4.78 is 5.14. The van der Waals surface area contributed by atoms with E-state index in [9.17, 15) is 4.79 Å². The smallest absolute Gasteiger partial charge is 0.416 e. The molecule has 6 heteroatoms. The van der Waals surface area contributed by atoms with E-state index in [1.807, 2.05) is 32.9 Å². The van der Waals surface area contributed by atoms with Crippen LogP contribution in [0.25, 0.3) is 11.3 Å². The molecule has 2 aromatic rings. The predicted octanol–water partition coefficient (Wildman–Crippen LogP) is 3.73. The highest BCUT2D eigenvalue weighted by molar-refractivity contribution is 7.16. The van der Waals surface area contributed by atoms with Gasteiger partial charge in [-0.05, 0) is 32.9 Å². The Bertz CT molecular complexity index is 772. The van der Waals surface area contributed by atoms with E-state index < -0.39 is 5.54 Å². The molecule has 0 saturated carbocycles. The Hall–Kier alpha value is -2.39. The van der Waals surface area contributed by atoms with Gasteiger partial charge in [0.15, 0.2) is 5.13 Å². The maximum atomic E-state index is 12.0. The van der Waals surface area contributed by atoms with Gasteiger partial charge in [-0.25, -0.2) is 14.7 Å². The van der Waals surface area contributed by atoms with E-state index in [0.29, 0.717) is 17.3 Å². The number of cyclic esters (lactones) is 1. The van der Waals surface area contributed by atoms with Gasteiger partial charge < -0.3 is 4.74 Å². The van der Waals surface area contributed by atoms with Gasteiger partial charge >= 0.3 is 6.09 Å². The number of rotatable bonds is 2. The molecule has 22 heavy (non-hydrogen) atoms. The Balaban J connectivity index is 2.00. The lowest BCUT2D eigenvalue weighted by Crippen LogP contribution is -2.42. The third-order valence-corrected chi connectivity index (χ3v) is 4.56. The summed E-state index contributed by atoms with van der Waals surface area (Å²) in [5.74, 6) is 0. The molecule has 1 amide bonds. The normalized spacial score (nSPS) is 16.5. The van der Waals surface area contributed by atoms with Crippen molar-refractivity contribution in [3.05, 3.63) is 34.7 Å². The first kappa shape index (κ1) is 14.5. The van der Waals surface area contributed by atoms with Crippen molar-refractivity contribution in [2.45, 2.75) is 26.3 Å². The molecular weight excluding hydrogens is 298 g/mol. The standard InChI is InChI=1S/C16H15N3O2S/c1-10-13(12-6-4-11(8-17)5-7-12)18-14(22-10)19-15(20)21-9-16(19,2)3/h4-7H,9H2,1-3H3. The highest BCUT2D eigenvalue weighted by Crippen LogP contribution is 2.37. The van der Waals surface area contributed by atoms with Crippen molar-refractivity contribution in [1.82, 2.24) is 4.98 Å². The molecular formula is C16H15N3O2S. The van der Waals surface area contributed by atoms with Crippen LogP contribution in [0.3, 0.4) is 0 Å². The number of thiazole rings is 1. The van der Waals surface area contributed by atoms with Crippen molar-refractivity contribution in [3.63, 3.8) is 0 Å². The molecule has 1 aliphatic rings. The van der Waals surface area contributed by atoms with Gasteiger partial charge in [0.1, 0.15) is 6.61 Å². The molecule has 0 atom stereocenters. The van der Waals surface area contributed by atoms with Gasteiger partial charge in [0, 0.05) is 10.4 Å². The maximum absolute atomic E-state index is 12.0. The summed E-state index contributed by atoms with van der Waals surface area (Å²) in [6.07, 6.45) is -0.356. The minimum absolute atomic E-state index is 0.356. The minimum atomic E-state index is -0.399. The van der Waals surface area contributed by atoms with Crippen LogP contribution in [0.1, 0.15) is 24.3 Å². The van der Waals surface area contributed by atoms with E-state index in [0.717, 1.165) is 16.1 Å². The van der Waals surface area contributed by atoms with Crippen LogP contribution >= 0.6 is 11.3 Å². The highest BCUT2D eigenvalue weighted by atomic mass is 32.1. The molecule has 0 unspecified atom stereocenters. The Labute approximate surface area is 132 Å². The van der Waals surface area contributed by atoms with E-state index >= 15 is 0 Å². The topological polar surface area (TPSA) is 66.2 Å². The molecule has 112 valence electrons. The first-order valence-electron chi connectivity index (χ1n) is 6.87. The molecule has 2 heterocycles. The third-order valence-electron chi connectivity index (χ3n) is 3.60. The van der Waals surface area contributed by atoms with Crippen LogP contribution in [0, 0.1) is 18.3 Å². The lowest BCUT2D eigenvalue weighted by atomic mass is 10.1. The third kappa shape index (κ3) is 2.34. The first-order chi connectivity index (χ1) is 10.4. The number of nitrogens with zero attached hydrogens (tertiary/aromatic N) is 3. The van der Waals surface area contributed by atoms with Crippen LogP contribution < -0.4 is 4.90 Å². The van der Waals surface area contributed by atoms with Crippen LogP contribution in [0.2, 0.25) is 0 Å². The predicted molar refractivity (Wildman–Crippen MR) is 84.9 cm³/mol. The molecule has 1 saturated heterocycles. The zero-order valence-corrected chi connectivity index (χ0v) is 13.4. The lowest BCUT2D eigenvalue weighted by Gasteiger charge is -2.24. The van der Waals surface area contributed by atoms with Crippen molar-refractivity contribution < 1.29 is 9.53 Å². The monoisotopic (exact) mass is 313 g/mol. The number of hydrogen-bond donors (Lipinski definition) is 0. The average Bonchev–Trinajstić information content (AvgIpc) is 2.98. The van der Waals surface area contributed by atoms with Crippen molar-refractivity contribution in [1.29, 1.82) is 5.26 Å². The first-order valence-corrected chi connectivity index (χ1v) is 7.69. The van der Waals surface area contributed by atoms with Crippen molar-refractivity contribution in [3.8, 4) is 17.3 Å². The summed E-state index contributed by atoms with van der Waals surface area (Å²) in [6.45, 7) is 6.24. The molecule has 0 bridgehead atoms. The second-order valence-corrected chi connectivity index (χ2v) is 6.97. The molecule has 0 spiro atoms. The summed E-state index contributed by atoms with van der Waals surface area (Å²) in [6, 6.07) is 9.38. The number of ether oxygens (including phenoxy) is 1. The van der Waals surface area contributed by atoms with Gasteiger partial charge in [-0.2, -0.15) is 5.26 Å². The number of aryl methyl sites for hydroxylation is 1. The SMILES string of the molecule is Cc1sc(N2C(=O)OCC2(C)C)nc1-c1ccc(C#N)cc1. The van der Waals surface area contributed by atoms with Gasteiger partial charge in [0.05, 0.1) is 22.9 Å². The fraction of sp³-hybridized carbons (Fsp3) is 0.312. The average molecular weight is 313 g/mol. The molecule has 1 aliphatic heterocycles. The molecule has 1 fully saturated rings. The Kier molecular flexibility index (Phi) is 3.38. The van der Waals surface area contributed by atoms with Gasteiger partial charge in [-0.15, -0.1) is 11.3 Å². The van der Waals surface area contributed by atoms with E-state index in [1.165, 1.54) is 11.3 Å². The van der Waals surface area contributed by atoms with Gasteiger partial charge in [-0.3, -0.25) is 0 Å². The van der Waals surface area contributed by atoms with Gasteiger partial charge in [0.2, 0.25) is 0 Å². The number of benzene rings is 1. The molecule has 1 aromatic heterocycles. The van der Waals surface area contributed by atoms with Crippen LogP contribution in [0.4, 0.5) is 9.93 Å². The highest BCUT2D eigenvalue weighted by Gasteiger charge is 2.42. The molecule has 3 rings (SSSR count). The molecule has 0 aliphatic carbocycles. The Morgan fingerprint density at radius 3 is 2.59 bits per heavy atom. The lowest BCUT2D eigenvalue weighted by molar-refractivity contribution is 0.175. The number of carbonyl (C=O) groups excluding carboxylic acids is 1. The van der Waals surface area contributed by atoms with Crippen molar-refractivity contribution in [2.24, 2.45) is 0 Å². The number of carbonyl (C=O) groups is 1. The van der Waals surface area contributed by atoms with Crippen LogP contribution in [0.5, 0.6) is 0 Å². The summed E-state index contributed by atoms with van der Waals surface area (Å²) in [5.41, 5.74) is 1.98. The number of amides is 1. The van der Waals surface area contributed by atoms with Crippen LogP contribution in [-0.4, -0.2) is 23.2 Å². The van der Waals surface area contributed by atoms with Crippen molar-refractivity contribution in [2.75, 3.05) is 11.5 Å². The molecule has 0 N–H and O–H groups in total. The van der Waals surface area contributed by atoms with E-state index in [-0.39, 0.29) is 6.09 Å². The number of anilines is 1. The quantitative estimate of drug-likeness (QED) is 0.847. The second-order valence-electron chi connectivity index (χ2n) is 5.79. The maximum Gasteiger partial charge on any atom is 0.416 e. The van der Waals surface area contributed by atoms with Gasteiger partial charge in [0.25, 0.3) is 0 Å². The Morgan fingerprint density at radius 2 is 2.05 bits per heavy atom. The van der Waals surface area contributed by atoms with E-state index in [1.54, 1.807) is 17.0 Å². The summed E-state index contributed by atoms with van der Waals surface area (Å²) in [4.78, 5) is 19.2. The summed E-state index contributed by atoms with van der Waals surface area (Å²) >= 11 is 1.47. The van der Waals surface area contributed by atoms with Crippen LogP contribution in [0.15, 0.2) is 24.3 Å². The minimum Gasteiger partial charge on any atom is -0.447 e. The molecule has 1 aromatic carbocycles. The molecule has 5 nitrogen and oxygen atoms in total. The van der Waals surface area contributed by atoms with E-state index in [2.05, 4.69) is 11.1 Å². The van der Waals surface area contributed by atoms with Gasteiger partial charge in [-0.1, -0.05) is 12.1 Å². The molecule has 0 radical (unpaired) electrons. The second kappa shape index (κ2) is 5.11. The van der Waals surface area contributed by atoms with Crippen molar-refractivity contribution >= 4 is 22.6 Å². The van der Waals surface area contributed by atoms with Crippen LogP contribution in [-0.2, 0) is 4.74 Å². The fourth-order valence-electron chi connectivity index (χ4n) is 2.40.